The van der Waals surface area contributed by atoms with Crippen LogP contribution in [0.4, 0.5) is 0 Å². The Bertz CT molecular complexity index is 982. The van der Waals surface area contributed by atoms with Crippen molar-refractivity contribution in [1.82, 2.24) is 9.55 Å². The SMILES string of the molecule is Cc1ccc(-c2nc3cc4c(cc3n2CCC#N)OCO4)cc1C. The van der Waals surface area contributed by atoms with Gasteiger partial charge in [-0.2, -0.15) is 5.26 Å². The first kappa shape index (κ1) is 14.6. The number of fused-ring (bicyclic) bond motifs is 2. The highest BCUT2D eigenvalue weighted by molar-refractivity contribution is 5.84. The van der Waals surface area contributed by atoms with Gasteiger partial charge in [-0.1, -0.05) is 12.1 Å². The van der Waals surface area contributed by atoms with Crippen LogP contribution in [-0.2, 0) is 6.54 Å². The van der Waals surface area contributed by atoms with Crippen LogP contribution >= 0.6 is 0 Å². The number of ether oxygens (including phenoxy) is 2. The van der Waals surface area contributed by atoms with Crippen molar-refractivity contribution in [3.05, 3.63) is 41.5 Å². The molecule has 0 radical (unpaired) electrons. The number of nitrogens with zero attached hydrogens (tertiary/aromatic N) is 3. The van der Waals surface area contributed by atoms with Crippen LogP contribution in [0.2, 0.25) is 0 Å². The molecular weight excluding hydrogens is 302 g/mol. The van der Waals surface area contributed by atoms with E-state index in [1.807, 2.05) is 12.1 Å². The summed E-state index contributed by atoms with van der Waals surface area (Å²) < 4.78 is 13.0. The van der Waals surface area contributed by atoms with Crippen molar-refractivity contribution in [2.24, 2.45) is 0 Å². The highest BCUT2D eigenvalue weighted by atomic mass is 16.7. The van der Waals surface area contributed by atoms with Gasteiger partial charge in [-0.05, 0) is 31.0 Å². The second-order valence-electron chi connectivity index (χ2n) is 5.99. The van der Waals surface area contributed by atoms with Crippen LogP contribution in [0, 0.1) is 25.2 Å². The Hall–Kier alpha value is -3.00. The Labute approximate surface area is 140 Å². The van der Waals surface area contributed by atoms with E-state index in [-0.39, 0.29) is 6.79 Å². The molecule has 1 aromatic heterocycles. The summed E-state index contributed by atoms with van der Waals surface area (Å²) in [5.41, 5.74) is 5.34. The fraction of sp³-hybridized carbons (Fsp3) is 0.263. The molecule has 1 aliphatic rings. The fourth-order valence-corrected chi connectivity index (χ4v) is 3.00. The smallest absolute Gasteiger partial charge is 0.231 e. The third kappa shape index (κ3) is 2.28. The second kappa shape index (κ2) is 5.57. The molecule has 2 aromatic carbocycles. The molecule has 0 atom stereocenters. The van der Waals surface area contributed by atoms with Gasteiger partial charge in [-0.15, -0.1) is 0 Å². The van der Waals surface area contributed by atoms with E-state index in [1.165, 1.54) is 11.1 Å². The summed E-state index contributed by atoms with van der Waals surface area (Å²) in [5, 5.41) is 9.01. The van der Waals surface area contributed by atoms with Gasteiger partial charge in [0.1, 0.15) is 5.82 Å². The van der Waals surface area contributed by atoms with Gasteiger partial charge in [0.05, 0.1) is 23.5 Å². The molecule has 0 bridgehead atoms. The van der Waals surface area contributed by atoms with E-state index in [2.05, 4.69) is 42.7 Å². The zero-order valence-corrected chi connectivity index (χ0v) is 13.7. The van der Waals surface area contributed by atoms with E-state index in [4.69, 9.17) is 19.7 Å². The molecule has 24 heavy (non-hydrogen) atoms. The van der Waals surface area contributed by atoms with Crippen LogP contribution in [0.1, 0.15) is 17.5 Å². The summed E-state index contributed by atoms with van der Waals surface area (Å²) in [5.74, 6) is 2.32. The van der Waals surface area contributed by atoms with Crippen LogP contribution in [0.15, 0.2) is 30.3 Å². The molecule has 0 amide bonds. The first-order chi connectivity index (χ1) is 11.7. The lowest BCUT2D eigenvalue weighted by Gasteiger charge is -2.09. The van der Waals surface area contributed by atoms with Crippen LogP contribution in [0.3, 0.4) is 0 Å². The fourth-order valence-electron chi connectivity index (χ4n) is 3.00. The Kier molecular flexibility index (Phi) is 3.39. The van der Waals surface area contributed by atoms with E-state index < -0.39 is 0 Å². The minimum absolute atomic E-state index is 0.240. The van der Waals surface area contributed by atoms with Crippen molar-refractivity contribution in [1.29, 1.82) is 5.26 Å². The molecule has 2 heterocycles. The van der Waals surface area contributed by atoms with Gasteiger partial charge in [0, 0.05) is 24.2 Å². The molecule has 5 heteroatoms. The topological polar surface area (TPSA) is 60.1 Å². The first-order valence-corrected chi connectivity index (χ1v) is 7.92. The number of aryl methyl sites for hydroxylation is 3. The maximum atomic E-state index is 9.01. The van der Waals surface area contributed by atoms with Gasteiger partial charge >= 0.3 is 0 Å². The zero-order valence-electron chi connectivity index (χ0n) is 13.7. The lowest BCUT2D eigenvalue weighted by atomic mass is 10.1. The highest BCUT2D eigenvalue weighted by Crippen LogP contribution is 2.37. The standard InChI is InChI=1S/C19H17N3O2/c1-12-4-5-14(8-13(12)2)19-21-15-9-17-18(24-11-23-17)10-16(15)22(19)7-3-6-20/h4-5,8-10H,3,7,11H2,1-2H3. The van der Waals surface area contributed by atoms with Crippen LogP contribution < -0.4 is 9.47 Å². The summed E-state index contributed by atoms with van der Waals surface area (Å²) in [7, 11) is 0. The average molecular weight is 319 g/mol. The molecule has 3 aromatic rings. The Morgan fingerprint density at radius 2 is 1.92 bits per heavy atom. The van der Waals surface area contributed by atoms with Gasteiger partial charge < -0.3 is 14.0 Å². The monoisotopic (exact) mass is 319 g/mol. The number of hydrogen-bond donors (Lipinski definition) is 0. The Morgan fingerprint density at radius 3 is 2.67 bits per heavy atom. The largest absolute Gasteiger partial charge is 0.454 e. The Morgan fingerprint density at radius 1 is 1.12 bits per heavy atom. The summed E-state index contributed by atoms with van der Waals surface area (Å²) in [4.78, 5) is 4.80. The summed E-state index contributed by atoms with van der Waals surface area (Å²) in [6, 6.07) is 12.4. The molecule has 0 spiro atoms. The summed E-state index contributed by atoms with van der Waals surface area (Å²) >= 11 is 0. The van der Waals surface area contributed by atoms with Gasteiger partial charge in [-0.3, -0.25) is 0 Å². The minimum Gasteiger partial charge on any atom is -0.454 e. The molecule has 0 N–H and O–H groups in total. The van der Waals surface area contributed by atoms with Gasteiger partial charge in [0.25, 0.3) is 0 Å². The number of imidazole rings is 1. The quantitative estimate of drug-likeness (QED) is 0.733. The zero-order chi connectivity index (χ0) is 16.7. The third-order valence-electron chi connectivity index (χ3n) is 4.45. The second-order valence-corrected chi connectivity index (χ2v) is 5.99. The van der Waals surface area contributed by atoms with E-state index in [0.717, 1.165) is 33.9 Å². The molecule has 0 saturated carbocycles. The number of hydrogen-bond acceptors (Lipinski definition) is 4. The van der Waals surface area contributed by atoms with Crippen molar-refractivity contribution in [2.45, 2.75) is 26.8 Å². The van der Waals surface area contributed by atoms with E-state index >= 15 is 0 Å². The van der Waals surface area contributed by atoms with Gasteiger partial charge in [0.15, 0.2) is 11.5 Å². The van der Waals surface area contributed by atoms with Crippen LogP contribution in [-0.4, -0.2) is 16.3 Å². The summed E-state index contributed by atoms with van der Waals surface area (Å²) in [6.45, 7) is 5.02. The van der Waals surface area contributed by atoms with E-state index in [1.54, 1.807) is 0 Å². The van der Waals surface area contributed by atoms with Crippen molar-refractivity contribution in [3.8, 4) is 29.0 Å². The molecule has 1 aliphatic heterocycles. The predicted molar refractivity (Wildman–Crippen MR) is 91.0 cm³/mol. The molecule has 0 fully saturated rings. The molecule has 4 rings (SSSR count). The van der Waals surface area contributed by atoms with E-state index in [9.17, 15) is 0 Å². The first-order valence-electron chi connectivity index (χ1n) is 7.92. The van der Waals surface area contributed by atoms with Crippen molar-refractivity contribution in [3.63, 3.8) is 0 Å². The molecular formula is C19H17N3O2. The number of benzene rings is 2. The lowest BCUT2D eigenvalue weighted by Crippen LogP contribution is -2.00. The molecule has 0 unspecified atom stereocenters. The maximum Gasteiger partial charge on any atom is 0.231 e. The molecule has 5 nitrogen and oxygen atoms in total. The van der Waals surface area contributed by atoms with Crippen molar-refractivity contribution >= 4 is 11.0 Å². The number of nitriles is 1. The van der Waals surface area contributed by atoms with Crippen molar-refractivity contribution < 1.29 is 9.47 Å². The predicted octanol–water partition coefficient (Wildman–Crippen LogP) is 3.96. The number of rotatable bonds is 3. The molecule has 0 saturated heterocycles. The van der Waals surface area contributed by atoms with Crippen LogP contribution in [0.5, 0.6) is 11.5 Å². The Balaban J connectivity index is 1.93. The molecule has 120 valence electrons. The van der Waals surface area contributed by atoms with Gasteiger partial charge in [0.2, 0.25) is 6.79 Å². The number of aromatic nitrogens is 2. The lowest BCUT2D eigenvalue weighted by molar-refractivity contribution is 0.174. The summed E-state index contributed by atoms with van der Waals surface area (Å²) in [6.07, 6.45) is 0.428. The minimum atomic E-state index is 0.240. The van der Waals surface area contributed by atoms with E-state index in [0.29, 0.717) is 13.0 Å². The van der Waals surface area contributed by atoms with Crippen molar-refractivity contribution in [2.75, 3.05) is 6.79 Å². The average Bonchev–Trinajstić information content (AvgIpc) is 3.17. The van der Waals surface area contributed by atoms with Gasteiger partial charge in [-0.25, -0.2) is 4.98 Å². The normalized spacial score (nSPS) is 12.5. The maximum absolute atomic E-state index is 9.01. The highest BCUT2D eigenvalue weighted by Gasteiger charge is 2.20. The third-order valence-corrected chi connectivity index (χ3v) is 4.45. The van der Waals surface area contributed by atoms with Crippen LogP contribution in [0.25, 0.3) is 22.4 Å². The molecule has 0 aliphatic carbocycles.